The number of nitrogens with one attached hydrogen (secondary N) is 2. The van der Waals surface area contributed by atoms with Crippen LogP contribution in [0.25, 0.3) is 0 Å². The summed E-state index contributed by atoms with van der Waals surface area (Å²) in [6.45, 7) is 4.56. The highest BCUT2D eigenvalue weighted by Crippen LogP contribution is 2.24. The fraction of sp³-hybridized carbons (Fsp3) is 0.647. The third-order valence-electron chi connectivity index (χ3n) is 4.72. The molecule has 3 rings (SSSR count). The van der Waals surface area contributed by atoms with E-state index in [-0.39, 0.29) is 30.3 Å². The van der Waals surface area contributed by atoms with Crippen molar-refractivity contribution in [2.24, 2.45) is 0 Å². The lowest BCUT2D eigenvalue weighted by atomic mass is 10.0. The van der Waals surface area contributed by atoms with Crippen molar-refractivity contribution in [3.8, 4) is 0 Å². The Balaban J connectivity index is 0.00000208. The van der Waals surface area contributed by atoms with E-state index in [1.54, 1.807) is 11.3 Å². The number of piperidine rings is 1. The monoisotopic (exact) mass is 371 g/mol. The van der Waals surface area contributed by atoms with Gasteiger partial charge in [-0.1, -0.05) is 0 Å². The second kappa shape index (κ2) is 8.83. The van der Waals surface area contributed by atoms with Crippen molar-refractivity contribution >= 4 is 35.6 Å². The molecule has 3 heterocycles. The van der Waals surface area contributed by atoms with Crippen molar-refractivity contribution in [1.29, 1.82) is 0 Å². The maximum Gasteiger partial charge on any atom is 0.223 e. The van der Waals surface area contributed by atoms with Crippen LogP contribution in [-0.2, 0) is 22.6 Å². The number of rotatable bonds is 4. The Morgan fingerprint density at radius 1 is 1.42 bits per heavy atom. The molecule has 0 saturated carbocycles. The number of carbonyl (C=O) groups excluding carboxylic acids is 2. The van der Waals surface area contributed by atoms with Crippen molar-refractivity contribution in [2.45, 2.75) is 57.7 Å². The summed E-state index contributed by atoms with van der Waals surface area (Å²) in [6, 6.07) is 2.80. The summed E-state index contributed by atoms with van der Waals surface area (Å²) < 4.78 is 0. The number of carbonyl (C=O) groups is 2. The zero-order valence-corrected chi connectivity index (χ0v) is 15.7. The van der Waals surface area contributed by atoms with E-state index in [0.29, 0.717) is 25.4 Å². The van der Waals surface area contributed by atoms with E-state index in [0.717, 1.165) is 32.4 Å². The van der Waals surface area contributed by atoms with Gasteiger partial charge in [-0.2, -0.15) is 0 Å². The number of amides is 2. The van der Waals surface area contributed by atoms with Crippen LogP contribution in [-0.4, -0.2) is 41.9 Å². The molecule has 2 atom stereocenters. The van der Waals surface area contributed by atoms with E-state index in [1.807, 2.05) is 4.90 Å². The Bertz CT molecular complexity index is 578. The Morgan fingerprint density at radius 3 is 3.04 bits per heavy atom. The number of nitrogens with zero attached hydrogens (tertiary/aromatic N) is 1. The summed E-state index contributed by atoms with van der Waals surface area (Å²) in [4.78, 5) is 27.7. The van der Waals surface area contributed by atoms with Gasteiger partial charge >= 0.3 is 0 Å². The first-order valence-corrected chi connectivity index (χ1v) is 9.35. The van der Waals surface area contributed by atoms with E-state index in [4.69, 9.17) is 0 Å². The first-order chi connectivity index (χ1) is 11.1. The quantitative estimate of drug-likeness (QED) is 0.851. The van der Waals surface area contributed by atoms with Crippen LogP contribution in [0, 0.1) is 0 Å². The fourth-order valence-electron chi connectivity index (χ4n) is 3.40. The van der Waals surface area contributed by atoms with Crippen LogP contribution < -0.4 is 10.6 Å². The topological polar surface area (TPSA) is 61.4 Å². The summed E-state index contributed by atoms with van der Waals surface area (Å²) in [5.74, 6) is 0.0985. The molecule has 24 heavy (non-hydrogen) atoms. The molecule has 1 aromatic rings. The summed E-state index contributed by atoms with van der Waals surface area (Å²) in [5, 5.41) is 8.53. The standard InChI is InChI=1S/C17H25N3O2S.ClH/c1-12-10-14(4-7-18-12)19-16(21)2-3-17(22)20-8-5-15-13(11-20)6-9-23-15;/h6,9,12,14,18H,2-5,7-8,10-11H2,1H3,(H,19,21);1H. The van der Waals surface area contributed by atoms with Gasteiger partial charge in [-0.25, -0.2) is 0 Å². The van der Waals surface area contributed by atoms with Crippen LogP contribution >= 0.6 is 23.7 Å². The third kappa shape index (κ3) is 4.94. The van der Waals surface area contributed by atoms with Crippen molar-refractivity contribution in [3.63, 3.8) is 0 Å². The molecule has 2 aliphatic rings. The first kappa shape index (κ1) is 19.2. The Kier molecular flexibility index (Phi) is 7.07. The van der Waals surface area contributed by atoms with Gasteiger partial charge in [0, 0.05) is 42.9 Å². The van der Waals surface area contributed by atoms with Crippen LogP contribution in [0.2, 0.25) is 0 Å². The molecule has 2 aliphatic heterocycles. The molecule has 0 radical (unpaired) electrons. The highest BCUT2D eigenvalue weighted by atomic mass is 35.5. The van der Waals surface area contributed by atoms with E-state index >= 15 is 0 Å². The molecule has 1 aromatic heterocycles. The average Bonchev–Trinajstić information content (AvgIpc) is 3.00. The maximum absolute atomic E-state index is 12.3. The van der Waals surface area contributed by atoms with Gasteiger partial charge in [0.2, 0.25) is 11.8 Å². The molecular weight excluding hydrogens is 346 g/mol. The lowest BCUT2D eigenvalue weighted by molar-refractivity contribution is -0.134. The molecule has 0 bridgehead atoms. The maximum atomic E-state index is 12.3. The highest BCUT2D eigenvalue weighted by Gasteiger charge is 2.23. The van der Waals surface area contributed by atoms with E-state index in [2.05, 4.69) is 29.0 Å². The van der Waals surface area contributed by atoms with Gasteiger partial charge < -0.3 is 15.5 Å². The molecule has 7 heteroatoms. The van der Waals surface area contributed by atoms with Crippen molar-refractivity contribution in [1.82, 2.24) is 15.5 Å². The Hall–Kier alpha value is -1.11. The Morgan fingerprint density at radius 2 is 2.25 bits per heavy atom. The molecule has 1 fully saturated rings. The molecule has 2 unspecified atom stereocenters. The number of fused-ring (bicyclic) bond motifs is 1. The Labute approximate surface area is 153 Å². The molecular formula is C17H26ClN3O2S. The third-order valence-corrected chi connectivity index (χ3v) is 5.74. The molecule has 2 amide bonds. The van der Waals surface area contributed by atoms with Crippen LogP contribution in [0.4, 0.5) is 0 Å². The van der Waals surface area contributed by atoms with Crippen LogP contribution in [0.5, 0.6) is 0 Å². The average molecular weight is 372 g/mol. The lowest BCUT2D eigenvalue weighted by Gasteiger charge is -2.29. The SMILES string of the molecule is CC1CC(NC(=O)CCC(=O)N2CCc3sccc3C2)CCN1.Cl. The van der Waals surface area contributed by atoms with Crippen molar-refractivity contribution in [2.75, 3.05) is 13.1 Å². The molecule has 0 aliphatic carbocycles. The van der Waals surface area contributed by atoms with E-state index in [1.165, 1.54) is 10.4 Å². The number of thiophene rings is 1. The van der Waals surface area contributed by atoms with Gasteiger partial charge in [-0.15, -0.1) is 23.7 Å². The molecule has 134 valence electrons. The molecule has 1 saturated heterocycles. The zero-order chi connectivity index (χ0) is 16.2. The zero-order valence-electron chi connectivity index (χ0n) is 14.0. The second-order valence-corrected chi connectivity index (χ2v) is 7.58. The molecule has 0 aromatic carbocycles. The fourth-order valence-corrected chi connectivity index (χ4v) is 4.29. The van der Waals surface area contributed by atoms with Crippen LogP contribution in [0.15, 0.2) is 11.4 Å². The van der Waals surface area contributed by atoms with Crippen LogP contribution in [0.3, 0.4) is 0 Å². The summed E-state index contributed by atoms with van der Waals surface area (Å²) in [5.41, 5.74) is 1.27. The number of hydrogen-bond acceptors (Lipinski definition) is 4. The van der Waals surface area contributed by atoms with Gasteiger partial charge in [-0.3, -0.25) is 9.59 Å². The molecule has 2 N–H and O–H groups in total. The summed E-state index contributed by atoms with van der Waals surface area (Å²) >= 11 is 1.77. The van der Waals surface area contributed by atoms with Gasteiger partial charge in [0.15, 0.2) is 0 Å². The summed E-state index contributed by atoms with van der Waals surface area (Å²) in [7, 11) is 0. The van der Waals surface area contributed by atoms with E-state index < -0.39 is 0 Å². The smallest absolute Gasteiger partial charge is 0.223 e. The largest absolute Gasteiger partial charge is 0.353 e. The number of hydrogen-bond donors (Lipinski definition) is 2. The first-order valence-electron chi connectivity index (χ1n) is 8.47. The lowest BCUT2D eigenvalue weighted by Crippen LogP contribution is -2.46. The predicted molar refractivity (Wildman–Crippen MR) is 98.6 cm³/mol. The van der Waals surface area contributed by atoms with Gasteiger partial charge in [0.05, 0.1) is 0 Å². The minimum atomic E-state index is 0. The minimum Gasteiger partial charge on any atom is -0.353 e. The highest BCUT2D eigenvalue weighted by molar-refractivity contribution is 7.10. The van der Waals surface area contributed by atoms with Crippen molar-refractivity contribution < 1.29 is 9.59 Å². The van der Waals surface area contributed by atoms with Crippen molar-refractivity contribution in [3.05, 3.63) is 21.9 Å². The minimum absolute atomic E-state index is 0. The summed E-state index contributed by atoms with van der Waals surface area (Å²) in [6.07, 6.45) is 3.48. The molecule has 5 nitrogen and oxygen atoms in total. The van der Waals surface area contributed by atoms with Gasteiger partial charge in [0.25, 0.3) is 0 Å². The second-order valence-electron chi connectivity index (χ2n) is 6.58. The van der Waals surface area contributed by atoms with Gasteiger partial charge in [-0.05, 0) is 49.7 Å². The molecule has 0 spiro atoms. The van der Waals surface area contributed by atoms with E-state index in [9.17, 15) is 9.59 Å². The normalized spacial score (nSPS) is 23.1. The predicted octanol–water partition coefficient (Wildman–Crippen LogP) is 2.09. The van der Waals surface area contributed by atoms with Crippen LogP contribution in [0.1, 0.15) is 43.0 Å². The van der Waals surface area contributed by atoms with Gasteiger partial charge in [0.1, 0.15) is 0 Å². The number of halogens is 1.